The van der Waals surface area contributed by atoms with Crippen LogP contribution in [0, 0.1) is 11.3 Å². The second-order valence-electron chi connectivity index (χ2n) is 7.26. The predicted octanol–water partition coefficient (Wildman–Crippen LogP) is 3.41. The van der Waals surface area contributed by atoms with Gasteiger partial charge in [-0.1, -0.05) is 63.9 Å². The first-order valence-corrected chi connectivity index (χ1v) is 8.00. The van der Waals surface area contributed by atoms with Gasteiger partial charge in [0.15, 0.2) is 0 Å². The third kappa shape index (κ3) is 4.07. The lowest BCUT2D eigenvalue weighted by Gasteiger charge is -2.41. The van der Waals surface area contributed by atoms with Crippen molar-refractivity contribution in [3.63, 3.8) is 0 Å². The van der Waals surface area contributed by atoms with Gasteiger partial charge in [0, 0.05) is 6.04 Å². The minimum atomic E-state index is -0.575. The number of nitrogens with two attached hydrogens (primary N) is 1. The molecule has 0 saturated heterocycles. The first-order valence-electron chi connectivity index (χ1n) is 8.00. The maximum absolute atomic E-state index is 12.4. The number of rotatable bonds is 3. The fraction of sp³-hybridized carbons (Fsp3) is 0.611. The third-order valence-corrected chi connectivity index (χ3v) is 4.65. The molecule has 1 amide bonds. The SMILES string of the molecule is CC(C)(C)C1CCCCC1NC(=O)[C@H](N)c1ccccc1. The molecule has 0 spiro atoms. The molecule has 1 aliphatic carbocycles. The van der Waals surface area contributed by atoms with Crippen LogP contribution in [0.4, 0.5) is 0 Å². The molecule has 1 aromatic rings. The molecule has 0 bridgehead atoms. The monoisotopic (exact) mass is 288 g/mol. The van der Waals surface area contributed by atoms with Gasteiger partial charge in [-0.15, -0.1) is 0 Å². The summed E-state index contributed by atoms with van der Waals surface area (Å²) in [6.07, 6.45) is 4.71. The van der Waals surface area contributed by atoms with Crippen molar-refractivity contribution < 1.29 is 4.79 Å². The molecule has 1 saturated carbocycles. The van der Waals surface area contributed by atoms with E-state index in [1.807, 2.05) is 30.3 Å². The second kappa shape index (κ2) is 6.61. The Balaban J connectivity index is 2.03. The van der Waals surface area contributed by atoms with E-state index in [1.165, 1.54) is 19.3 Å². The highest BCUT2D eigenvalue weighted by Gasteiger charge is 2.35. The fourth-order valence-electron chi connectivity index (χ4n) is 3.42. The second-order valence-corrected chi connectivity index (χ2v) is 7.26. The maximum atomic E-state index is 12.4. The average molecular weight is 288 g/mol. The van der Waals surface area contributed by atoms with Gasteiger partial charge in [0.25, 0.3) is 0 Å². The summed E-state index contributed by atoms with van der Waals surface area (Å²) in [5.74, 6) is 0.473. The van der Waals surface area contributed by atoms with Crippen LogP contribution in [0.2, 0.25) is 0 Å². The van der Waals surface area contributed by atoms with Crippen molar-refractivity contribution in [1.82, 2.24) is 5.32 Å². The van der Waals surface area contributed by atoms with E-state index in [9.17, 15) is 4.79 Å². The Morgan fingerprint density at radius 2 is 1.81 bits per heavy atom. The highest BCUT2D eigenvalue weighted by molar-refractivity contribution is 5.83. The van der Waals surface area contributed by atoms with Crippen molar-refractivity contribution in [2.45, 2.75) is 58.5 Å². The van der Waals surface area contributed by atoms with Gasteiger partial charge in [-0.3, -0.25) is 4.79 Å². The molecule has 3 N–H and O–H groups in total. The number of amides is 1. The molecular weight excluding hydrogens is 260 g/mol. The van der Waals surface area contributed by atoms with Crippen LogP contribution in [0.3, 0.4) is 0 Å². The van der Waals surface area contributed by atoms with Gasteiger partial charge in [0.2, 0.25) is 5.91 Å². The largest absolute Gasteiger partial charge is 0.351 e. The highest BCUT2D eigenvalue weighted by Crippen LogP contribution is 2.38. The first kappa shape index (κ1) is 16.0. The van der Waals surface area contributed by atoms with Crippen molar-refractivity contribution in [3.05, 3.63) is 35.9 Å². The van der Waals surface area contributed by atoms with Gasteiger partial charge >= 0.3 is 0 Å². The lowest BCUT2D eigenvalue weighted by atomic mass is 9.69. The third-order valence-electron chi connectivity index (χ3n) is 4.65. The maximum Gasteiger partial charge on any atom is 0.241 e. The van der Waals surface area contributed by atoms with Crippen LogP contribution in [0.25, 0.3) is 0 Å². The number of carbonyl (C=O) groups is 1. The molecule has 0 heterocycles. The smallest absolute Gasteiger partial charge is 0.241 e. The molecule has 3 nitrogen and oxygen atoms in total. The van der Waals surface area contributed by atoms with E-state index in [0.717, 1.165) is 12.0 Å². The Hall–Kier alpha value is -1.35. The molecule has 21 heavy (non-hydrogen) atoms. The molecule has 1 fully saturated rings. The van der Waals surface area contributed by atoms with Crippen LogP contribution in [-0.2, 0) is 4.79 Å². The molecule has 1 aromatic carbocycles. The standard InChI is InChI=1S/C18H28N2O/c1-18(2,3)14-11-7-8-12-15(14)20-17(21)16(19)13-9-5-4-6-10-13/h4-6,9-10,14-16H,7-8,11-12,19H2,1-3H3,(H,20,21)/t14?,15?,16-/m1/s1. The molecule has 2 unspecified atom stereocenters. The molecule has 2 rings (SSSR count). The van der Waals surface area contributed by atoms with Gasteiger partial charge in [0.1, 0.15) is 6.04 Å². The quantitative estimate of drug-likeness (QED) is 0.895. The van der Waals surface area contributed by atoms with Crippen molar-refractivity contribution >= 4 is 5.91 Å². The molecule has 0 aromatic heterocycles. The van der Waals surface area contributed by atoms with Crippen LogP contribution in [0.5, 0.6) is 0 Å². The fourth-order valence-corrected chi connectivity index (χ4v) is 3.42. The van der Waals surface area contributed by atoms with Gasteiger partial charge < -0.3 is 11.1 Å². The summed E-state index contributed by atoms with van der Waals surface area (Å²) in [5.41, 5.74) is 7.19. The lowest BCUT2D eigenvalue weighted by Crippen LogP contribution is -2.49. The summed E-state index contributed by atoms with van der Waals surface area (Å²) in [4.78, 5) is 12.4. The Morgan fingerprint density at radius 1 is 1.19 bits per heavy atom. The van der Waals surface area contributed by atoms with E-state index < -0.39 is 6.04 Å². The van der Waals surface area contributed by atoms with E-state index in [4.69, 9.17) is 5.73 Å². The number of carbonyl (C=O) groups excluding carboxylic acids is 1. The minimum Gasteiger partial charge on any atom is -0.351 e. The summed E-state index contributed by atoms with van der Waals surface area (Å²) < 4.78 is 0. The van der Waals surface area contributed by atoms with Crippen LogP contribution in [-0.4, -0.2) is 11.9 Å². The molecule has 0 radical (unpaired) electrons. The Morgan fingerprint density at radius 3 is 2.43 bits per heavy atom. The lowest BCUT2D eigenvalue weighted by molar-refractivity contribution is -0.124. The predicted molar refractivity (Wildman–Crippen MR) is 86.7 cm³/mol. The molecular formula is C18H28N2O. The Kier molecular flexibility index (Phi) is 5.04. The highest BCUT2D eigenvalue weighted by atomic mass is 16.2. The van der Waals surface area contributed by atoms with Crippen molar-refractivity contribution in [3.8, 4) is 0 Å². The number of benzene rings is 1. The number of nitrogens with one attached hydrogen (secondary N) is 1. The zero-order valence-corrected chi connectivity index (χ0v) is 13.4. The summed E-state index contributed by atoms with van der Waals surface area (Å²) in [5, 5.41) is 3.21. The Labute approximate surface area is 128 Å². The number of hydrogen-bond donors (Lipinski definition) is 2. The zero-order chi connectivity index (χ0) is 15.5. The van der Waals surface area contributed by atoms with Crippen LogP contribution in [0.15, 0.2) is 30.3 Å². The van der Waals surface area contributed by atoms with E-state index >= 15 is 0 Å². The summed E-state index contributed by atoms with van der Waals surface area (Å²) in [7, 11) is 0. The normalized spacial score (nSPS) is 24.4. The first-order chi connectivity index (χ1) is 9.89. The summed E-state index contributed by atoms with van der Waals surface area (Å²) in [6.45, 7) is 6.79. The van der Waals surface area contributed by atoms with Crippen molar-refractivity contribution in [1.29, 1.82) is 0 Å². The summed E-state index contributed by atoms with van der Waals surface area (Å²) in [6, 6.07) is 9.26. The van der Waals surface area contributed by atoms with Gasteiger partial charge in [0.05, 0.1) is 0 Å². The van der Waals surface area contributed by atoms with Gasteiger partial charge in [-0.05, 0) is 29.7 Å². The summed E-state index contributed by atoms with van der Waals surface area (Å²) >= 11 is 0. The zero-order valence-electron chi connectivity index (χ0n) is 13.4. The Bertz CT molecular complexity index is 464. The molecule has 0 aliphatic heterocycles. The van der Waals surface area contributed by atoms with Gasteiger partial charge in [-0.2, -0.15) is 0 Å². The van der Waals surface area contributed by atoms with Crippen molar-refractivity contribution in [2.24, 2.45) is 17.1 Å². The van der Waals surface area contributed by atoms with Crippen LogP contribution < -0.4 is 11.1 Å². The van der Waals surface area contributed by atoms with E-state index in [-0.39, 0.29) is 17.4 Å². The van der Waals surface area contributed by atoms with E-state index in [1.54, 1.807) is 0 Å². The molecule has 116 valence electrons. The topological polar surface area (TPSA) is 55.1 Å². The molecule has 1 aliphatic rings. The molecule has 3 heteroatoms. The van der Waals surface area contributed by atoms with Crippen LogP contribution in [0.1, 0.15) is 58.1 Å². The average Bonchev–Trinajstić information content (AvgIpc) is 2.47. The number of hydrogen-bond acceptors (Lipinski definition) is 2. The minimum absolute atomic E-state index is 0.0534. The van der Waals surface area contributed by atoms with E-state index in [0.29, 0.717) is 5.92 Å². The molecule has 3 atom stereocenters. The van der Waals surface area contributed by atoms with Crippen LogP contribution >= 0.6 is 0 Å². The van der Waals surface area contributed by atoms with Crippen molar-refractivity contribution in [2.75, 3.05) is 0 Å². The van der Waals surface area contributed by atoms with Gasteiger partial charge in [-0.25, -0.2) is 0 Å². The van der Waals surface area contributed by atoms with E-state index in [2.05, 4.69) is 26.1 Å².